The molecule has 0 atom stereocenters. The number of hydrazone groups is 1. The summed E-state index contributed by atoms with van der Waals surface area (Å²) in [5.41, 5.74) is 6.13. The minimum atomic E-state index is -0.450. The second-order valence-corrected chi connectivity index (χ2v) is 8.15. The zero-order valence-electron chi connectivity index (χ0n) is 19.2. The summed E-state index contributed by atoms with van der Waals surface area (Å²) >= 11 is 3.51. The lowest BCUT2D eigenvalue weighted by Gasteiger charge is -2.13. The number of anilines is 1. The highest BCUT2D eigenvalue weighted by Gasteiger charge is 2.13. The highest BCUT2D eigenvalue weighted by molar-refractivity contribution is 9.10. The van der Waals surface area contributed by atoms with Crippen molar-refractivity contribution in [3.05, 3.63) is 85.0 Å². The van der Waals surface area contributed by atoms with Crippen LogP contribution in [0.15, 0.2) is 52.0 Å². The molecular weight excluding hydrogens is 518 g/mol. The SMILES string of the molecule is COCc1cc(C)nc(N/N=C/c2cc(OC)c(OCc3ccc([N+](=O)[O-])cc3)cc2Br)c1C#N. The molecule has 0 aliphatic carbocycles. The molecule has 0 aliphatic heterocycles. The summed E-state index contributed by atoms with van der Waals surface area (Å²) in [6.07, 6.45) is 1.56. The van der Waals surface area contributed by atoms with E-state index in [-0.39, 0.29) is 18.9 Å². The molecule has 1 aromatic heterocycles. The number of ether oxygens (including phenoxy) is 3. The van der Waals surface area contributed by atoms with Crippen molar-refractivity contribution in [3.63, 3.8) is 0 Å². The number of aryl methyl sites for hydroxylation is 1. The van der Waals surface area contributed by atoms with Gasteiger partial charge in [-0.15, -0.1) is 0 Å². The molecule has 0 bridgehead atoms. The molecule has 0 fully saturated rings. The number of rotatable bonds is 10. The standard InChI is InChI=1S/C24H22BrN5O5/c1-15-8-18(14-33-2)20(11-26)24(28-15)29-27-12-17-9-22(34-3)23(10-21(17)25)35-13-16-4-6-19(7-5-16)30(31)32/h4-10,12H,13-14H2,1-3H3,(H,28,29)/b27-12+. The summed E-state index contributed by atoms with van der Waals surface area (Å²) in [7, 11) is 3.08. The predicted octanol–water partition coefficient (Wildman–Crippen LogP) is 5.11. The van der Waals surface area contributed by atoms with Gasteiger partial charge in [-0.05, 0) is 58.7 Å². The van der Waals surface area contributed by atoms with Gasteiger partial charge in [0, 0.05) is 40.5 Å². The van der Waals surface area contributed by atoms with Crippen LogP contribution in [0.3, 0.4) is 0 Å². The number of benzene rings is 2. The summed E-state index contributed by atoms with van der Waals surface area (Å²) in [6.45, 7) is 2.32. The fourth-order valence-electron chi connectivity index (χ4n) is 3.18. The number of nitro benzene ring substituents is 1. The van der Waals surface area contributed by atoms with E-state index in [0.717, 1.165) is 16.8 Å². The van der Waals surface area contributed by atoms with Gasteiger partial charge in [-0.2, -0.15) is 10.4 Å². The first-order valence-corrected chi connectivity index (χ1v) is 11.1. The van der Waals surface area contributed by atoms with E-state index in [2.05, 4.69) is 37.5 Å². The van der Waals surface area contributed by atoms with Crippen LogP contribution < -0.4 is 14.9 Å². The average Bonchev–Trinajstić information content (AvgIpc) is 2.84. The fraction of sp³-hybridized carbons (Fsp3) is 0.208. The summed E-state index contributed by atoms with van der Waals surface area (Å²) < 4.78 is 17.2. The van der Waals surface area contributed by atoms with Crippen LogP contribution in [-0.2, 0) is 18.0 Å². The molecule has 180 valence electrons. The highest BCUT2D eigenvalue weighted by Crippen LogP contribution is 2.33. The van der Waals surface area contributed by atoms with E-state index in [1.165, 1.54) is 19.2 Å². The Bertz CT molecular complexity index is 1290. The topological polar surface area (TPSA) is 132 Å². The van der Waals surface area contributed by atoms with Gasteiger partial charge in [0.1, 0.15) is 18.2 Å². The molecule has 0 saturated carbocycles. The zero-order chi connectivity index (χ0) is 25.4. The van der Waals surface area contributed by atoms with Crippen LogP contribution in [0.4, 0.5) is 11.5 Å². The Morgan fingerprint density at radius 2 is 1.94 bits per heavy atom. The molecule has 10 nitrogen and oxygen atoms in total. The van der Waals surface area contributed by atoms with Crippen LogP contribution in [0.1, 0.15) is 27.9 Å². The molecule has 3 rings (SSSR count). The van der Waals surface area contributed by atoms with Crippen molar-refractivity contribution >= 4 is 33.6 Å². The average molecular weight is 540 g/mol. The molecule has 1 N–H and O–H groups in total. The van der Waals surface area contributed by atoms with Gasteiger partial charge < -0.3 is 14.2 Å². The second kappa shape index (κ2) is 11.9. The fourth-order valence-corrected chi connectivity index (χ4v) is 3.60. The summed E-state index contributed by atoms with van der Waals surface area (Å²) in [5.74, 6) is 1.30. The van der Waals surface area contributed by atoms with Gasteiger partial charge in [0.05, 0.1) is 24.9 Å². The van der Waals surface area contributed by atoms with Crippen LogP contribution in [-0.4, -0.2) is 30.3 Å². The van der Waals surface area contributed by atoms with Crippen LogP contribution in [0.5, 0.6) is 11.5 Å². The number of hydrogen-bond donors (Lipinski definition) is 1. The quantitative estimate of drug-likeness (QED) is 0.213. The molecule has 35 heavy (non-hydrogen) atoms. The van der Waals surface area contributed by atoms with Gasteiger partial charge in [0.25, 0.3) is 5.69 Å². The molecule has 1 heterocycles. The summed E-state index contributed by atoms with van der Waals surface area (Å²) in [6, 6.07) is 13.6. The first kappa shape index (κ1) is 25.6. The van der Waals surface area contributed by atoms with Crippen molar-refractivity contribution < 1.29 is 19.1 Å². The highest BCUT2D eigenvalue weighted by atomic mass is 79.9. The number of methoxy groups -OCH3 is 2. The largest absolute Gasteiger partial charge is 0.493 e. The number of halogens is 1. The van der Waals surface area contributed by atoms with Gasteiger partial charge in [-0.3, -0.25) is 15.5 Å². The smallest absolute Gasteiger partial charge is 0.269 e. The number of nitrogens with zero attached hydrogens (tertiary/aromatic N) is 4. The maximum Gasteiger partial charge on any atom is 0.269 e. The van der Waals surface area contributed by atoms with E-state index < -0.39 is 4.92 Å². The maximum absolute atomic E-state index is 10.8. The van der Waals surface area contributed by atoms with Crippen LogP contribution >= 0.6 is 15.9 Å². The van der Waals surface area contributed by atoms with Gasteiger partial charge in [0.2, 0.25) is 0 Å². The third kappa shape index (κ3) is 6.53. The van der Waals surface area contributed by atoms with Crippen molar-refractivity contribution in [1.82, 2.24) is 4.98 Å². The van der Waals surface area contributed by atoms with E-state index in [1.54, 1.807) is 43.7 Å². The van der Waals surface area contributed by atoms with E-state index in [4.69, 9.17) is 14.2 Å². The lowest BCUT2D eigenvalue weighted by molar-refractivity contribution is -0.384. The Kier molecular flexibility index (Phi) is 8.72. The normalized spacial score (nSPS) is 10.7. The first-order valence-electron chi connectivity index (χ1n) is 10.3. The van der Waals surface area contributed by atoms with Crippen molar-refractivity contribution in [1.29, 1.82) is 5.26 Å². The number of nitrogens with one attached hydrogen (secondary N) is 1. The van der Waals surface area contributed by atoms with Gasteiger partial charge in [-0.25, -0.2) is 4.98 Å². The lowest BCUT2D eigenvalue weighted by atomic mass is 10.1. The first-order chi connectivity index (χ1) is 16.9. The number of nitro groups is 1. The molecule has 3 aromatic rings. The third-order valence-electron chi connectivity index (χ3n) is 4.84. The summed E-state index contributed by atoms with van der Waals surface area (Å²) in [5, 5.41) is 24.6. The van der Waals surface area contributed by atoms with Crippen molar-refractivity contribution in [2.75, 3.05) is 19.6 Å². The van der Waals surface area contributed by atoms with Crippen molar-refractivity contribution in [2.45, 2.75) is 20.1 Å². The molecular formula is C24H22BrN5O5. The molecule has 11 heteroatoms. The Labute approximate surface area is 210 Å². The third-order valence-corrected chi connectivity index (χ3v) is 5.53. The second-order valence-electron chi connectivity index (χ2n) is 7.30. The van der Waals surface area contributed by atoms with Crippen LogP contribution in [0.2, 0.25) is 0 Å². The van der Waals surface area contributed by atoms with E-state index in [0.29, 0.717) is 32.9 Å². The van der Waals surface area contributed by atoms with E-state index in [1.807, 2.05) is 6.92 Å². The maximum atomic E-state index is 10.8. The van der Waals surface area contributed by atoms with Crippen LogP contribution in [0, 0.1) is 28.4 Å². The number of aromatic nitrogens is 1. The van der Waals surface area contributed by atoms with E-state index in [9.17, 15) is 15.4 Å². The van der Waals surface area contributed by atoms with Gasteiger partial charge in [0.15, 0.2) is 17.3 Å². The number of non-ortho nitro benzene ring substituents is 1. The Hall–Kier alpha value is -4.01. The number of hydrogen-bond acceptors (Lipinski definition) is 9. The molecule has 0 spiro atoms. The molecule has 0 amide bonds. The Morgan fingerprint density at radius 1 is 1.20 bits per heavy atom. The van der Waals surface area contributed by atoms with Gasteiger partial charge >= 0.3 is 0 Å². The monoisotopic (exact) mass is 539 g/mol. The molecule has 2 aromatic carbocycles. The minimum Gasteiger partial charge on any atom is -0.493 e. The Morgan fingerprint density at radius 3 is 2.57 bits per heavy atom. The Balaban J connectivity index is 1.76. The summed E-state index contributed by atoms with van der Waals surface area (Å²) in [4.78, 5) is 14.7. The zero-order valence-corrected chi connectivity index (χ0v) is 20.8. The molecule has 0 aliphatic rings. The van der Waals surface area contributed by atoms with Crippen molar-refractivity contribution in [2.24, 2.45) is 5.10 Å². The number of nitriles is 1. The van der Waals surface area contributed by atoms with E-state index >= 15 is 0 Å². The molecule has 0 unspecified atom stereocenters. The number of pyridine rings is 1. The minimum absolute atomic E-state index is 0.0176. The molecule has 0 saturated heterocycles. The van der Waals surface area contributed by atoms with Gasteiger partial charge in [-0.1, -0.05) is 0 Å². The van der Waals surface area contributed by atoms with Crippen LogP contribution in [0.25, 0.3) is 0 Å². The lowest BCUT2D eigenvalue weighted by Crippen LogP contribution is -2.04. The predicted molar refractivity (Wildman–Crippen MR) is 134 cm³/mol. The van der Waals surface area contributed by atoms with Crippen molar-refractivity contribution in [3.8, 4) is 17.6 Å². The molecule has 0 radical (unpaired) electrons.